The van der Waals surface area contributed by atoms with Crippen molar-refractivity contribution >= 4 is 44.0 Å². The Balaban J connectivity index is 1.21. The average molecular weight is 725 g/mol. The van der Waals surface area contributed by atoms with E-state index in [1.165, 1.54) is 33.4 Å². The largest absolute Gasteiger partial charge is 0.455 e. The van der Waals surface area contributed by atoms with E-state index in [1.54, 1.807) is 0 Å². The molecule has 0 fully saturated rings. The van der Waals surface area contributed by atoms with E-state index in [4.69, 9.17) is 19.6 Å². The average Bonchev–Trinajstić information content (AvgIpc) is 3.82. The van der Waals surface area contributed by atoms with Gasteiger partial charge in [0, 0.05) is 16.2 Å². The predicted octanol–water partition coefficient (Wildman–Crippen LogP) is 13.8. The van der Waals surface area contributed by atoms with Crippen LogP contribution >= 0.6 is 0 Å². The summed E-state index contributed by atoms with van der Waals surface area (Å²) in [6, 6.07) is 55.6. The highest BCUT2D eigenvalue weighted by atomic mass is 16.3. The zero-order valence-electron chi connectivity index (χ0n) is 31.9. The molecular weight excluding hydrogens is 685 g/mol. The Hall–Kier alpha value is -6.85. The molecule has 3 aromatic heterocycles. The summed E-state index contributed by atoms with van der Waals surface area (Å²) in [5.74, 6) is 1.21. The summed E-state index contributed by atoms with van der Waals surface area (Å²) >= 11 is 0. The van der Waals surface area contributed by atoms with Gasteiger partial charge in [-0.2, -0.15) is 0 Å². The van der Waals surface area contributed by atoms with Crippen LogP contribution in [0.25, 0.3) is 94.5 Å². The number of aromatic nitrogens is 4. The molecule has 5 heteroatoms. The van der Waals surface area contributed by atoms with E-state index in [0.29, 0.717) is 0 Å². The van der Waals surface area contributed by atoms with E-state index in [2.05, 4.69) is 166 Å². The molecule has 0 amide bonds. The van der Waals surface area contributed by atoms with Gasteiger partial charge in [0.15, 0.2) is 11.5 Å². The van der Waals surface area contributed by atoms with Crippen molar-refractivity contribution in [2.24, 2.45) is 0 Å². The normalized spacial score (nSPS) is 11.9. The van der Waals surface area contributed by atoms with Gasteiger partial charge in [-0.1, -0.05) is 149 Å². The van der Waals surface area contributed by atoms with Crippen molar-refractivity contribution in [1.29, 1.82) is 0 Å². The van der Waals surface area contributed by atoms with Crippen molar-refractivity contribution in [2.45, 2.75) is 39.5 Å². The third-order valence-corrected chi connectivity index (χ3v) is 11.1. The third-order valence-electron chi connectivity index (χ3n) is 11.1. The minimum atomic E-state index is 0.215. The van der Waals surface area contributed by atoms with E-state index < -0.39 is 0 Å². The minimum Gasteiger partial charge on any atom is -0.455 e. The highest BCUT2D eigenvalue weighted by molar-refractivity contribution is 6.11. The fraction of sp³-hybridized carbons (Fsp3) is 0.118. The highest BCUT2D eigenvalue weighted by Crippen LogP contribution is 2.43. The second kappa shape index (κ2) is 13.5. The molecule has 10 rings (SSSR count). The molecule has 0 N–H and O–H groups in total. The van der Waals surface area contributed by atoms with Crippen molar-refractivity contribution in [1.82, 2.24) is 19.7 Å². The van der Waals surface area contributed by atoms with Crippen molar-refractivity contribution in [3.8, 4) is 50.5 Å². The van der Waals surface area contributed by atoms with E-state index in [9.17, 15) is 0 Å². The molecular formula is C51H40N4O. The number of imidazole rings is 1. The molecule has 10 aromatic rings. The molecule has 0 saturated carbocycles. The molecule has 0 aliphatic heterocycles. The van der Waals surface area contributed by atoms with Crippen LogP contribution in [0.5, 0.6) is 0 Å². The maximum atomic E-state index is 6.91. The lowest BCUT2D eigenvalue weighted by molar-refractivity contribution is 0.669. The van der Waals surface area contributed by atoms with Gasteiger partial charge in [0.05, 0.1) is 16.8 Å². The number of furan rings is 1. The van der Waals surface area contributed by atoms with Crippen molar-refractivity contribution < 1.29 is 4.42 Å². The van der Waals surface area contributed by atoms with Gasteiger partial charge in [-0.3, -0.25) is 4.57 Å². The van der Waals surface area contributed by atoms with Gasteiger partial charge in [-0.15, -0.1) is 10.2 Å². The van der Waals surface area contributed by atoms with Crippen LogP contribution in [0.15, 0.2) is 162 Å². The number of fused-ring (bicyclic) bond motifs is 6. The topological polar surface area (TPSA) is 56.7 Å². The Kier molecular flexibility index (Phi) is 8.10. The molecule has 0 radical (unpaired) electrons. The summed E-state index contributed by atoms with van der Waals surface area (Å²) in [4.78, 5) is 5.49. The van der Waals surface area contributed by atoms with Crippen LogP contribution in [0.2, 0.25) is 0 Å². The predicted molar refractivity (Wildman–Crippen MR) is 231 cm³/mol. The second-order valence-electron chi connectivity index (χ2n) is 15.3. The Bertz CT molecular complexity index is 3040. The first-order valence-corrected chi connectivity index (χ1v) is 19.4. The quantitative estimate of drug-likeness (QED) is 0.164. The van der Waals surface area contributed by atoms with Crippen LogP contribution in [-0.2, 0) is 0 Å². The van der Waals surface area contributed by atoms with Gasteiger partial charge >= 0.3 is 0 Å². The summed E-state index contributed by atoms with van der Waals surface area (Å²) in [5, 5.41) is 12.7. The van der Waals surface area contributed by atoms with Crippen molar-refractivity contribution in [2.75, 3.05) is 0 Å². The van der Waals surface area contributed by atoms with Crippen LogP contribution < -0.4 is 0 Å². The Labute approximate surface area is 325 Å². The SMILES string of the molecule is CC(C)c1cc(-c2ccccc2)cc(C(C)C)c1-n1c(-c2cccc3c2oc2cc(-c4ccc(-c5ccccc5)cc4)ccc23)nc2c3ccccc3nnc21. The minimum absolute atomic E-state index is 0.215. The van der Waals surface area contributed by atoms with E-state index in [0.717, 1.165) is 72.2 Å². The number of benzene rings is 7. The maximum Gasteiger partial charge on any atom is 0.188 e. The number of rotatable bonds is 7. The van der Waals surface area contributed by atoms with Gasteiger partial charge in [0.1, 0.15) is 16.7 Å². The summed E-state index contributed by atoms with van der Waals surface area (Å²) in [5.41, 5.74) is 15.5. The molecule has 0 saturated heterocycles. The molecule has 0 unspecified atom stereocenters. The molecule has 5 nitrogen and oxygen atoms in total. The van der Waals surface area contributed by atoms with Crippen LogP contribution in [0.4, 0.5) is 0 Å². The second-order valence-corrected chi connectivity index (χ2v) is 15.3. The molecule has 7 aromatic carbocycles. The van der Waals surface area contributed by atoms with Gasteiger partial charge < -0.3 is 4.42 Å². The zero-order chi connectivity index (χ0) is 37.9. The van der Waals surface area contributed by atoms with Gasteiger partial charge in [-0.25, -0.2) is 4.98 Å². The lowest BCUT2D eigenvalue weighted by Crippen LogP contribution is -2.10. The number of hydrogen-bond acceptors (Lipinski definition) is 4. The van der Waals surface area contributed by atoms with E-state index in [1.807, 2.05) is 24.3 Å². The van der Waals surface area contributed by atoms with Crippen molar-refractivity contribution in [3.63, 3.8) is 0 Å². The van der Waals surface area contributed by atoms with Gasteiger partial charge in [0.2, 0.25) is 0 Å². The number of hydrogen-bond donors (Lipinski definition) is 0. The molecule has 0 atom stereocenters. The molecule has 0 spiro atoms. The molecule has 3 heterocycles. The molecule has 0 aliphatic rings. The van der Waals surface area contributed by atoms with Crippen LogP contribution in [0.3, 0.4) is 0 Å². The Morgan fingerprint density at radius 1 is 0.482 bits per heavy atom. The molecule has 0 aliphatic carbocycles. The summed E-state index contributed by atoms with van der Waals surface area (Å²) < 4.78 is 9.17. The van der Waals surface area contributed by atoms with E-state index >= 15 is 0 Å². The summed E-state index contributed by atoms with van der Waals surface area (Å²) in [6.45, 7) is 9.07. The van der Waals surface area contributed by atoms with Crippen LogP contribution in [0, 0.1) is 0 Å². The summed E-state index contributed by atoms with van der Waals surface area (Å²) in [6.07, 6.45) is 0. The molecule has 56 heavy (non-hydrogen) atoms. The fourth-order valence-electron chi connectivity index (χ4n) is 8.20. The van der Waals surface area contributed by atoms with E-state index in [-0.39, 0.29) is 11.8 Å². The highest BCUT2D eigenvalue weighted by Gasteiger charge is 2.27. The first-order chi connectivity index (χ1) is 27.4. The standard InChI is InChI=1S/C51H40N4O/c1-31(2)43-28-38(34-16-9-6-10-17-34)29-44(32(3)4)48(43)55-50(52-47-41-18-11-12-21-45(41)53-54-51(47)55)42-20-13-19-40-39-27-26-37(30-46(39)56-49(40)42)36-24-22-35(23-25-36)33-14-7-5-8-15-33/h5-32H,1-4H3. The summed E-state index contributed by atoms with van der Waals surface area (Å²) in [7, 11) is 0. The fourth-order valence-corrected chi connectivity index (χ4v) is 8.20. The van der Waals surface area contributed by atoms with Crippen LogP contribution in [-0.4, -0.2) is 19.7 Å². The first kappa shape index (κ1) is 33.7. The van der Waals surface area contributed by atoms with Crippen LogP contribution in [0.1, 0.15) is 50.7 Å². The smallest absolute Gasteiger partial charge is 0.188 e. The monoisotopic (exact) mass is 724 g/mol. The number of nitrogens with zero attached hydrogens (tertiary/aromatic N) is 4. The lowest BCUT2D eigenvalue weighted by atomic mass is 9.88. The molecule has 0 bridgehead atoms. The first-order valence-electron chi connectivity index (χ1n) is 19.4. The lowest BCUT2D eigenvalue weighted by Gasteiger charge is -2.24. The van der Waals surface area contributed by atoms with Gasteiger partial charge in [0.25, 0.3) is 0 Å². The van der Waals surface area contributed by atoms with Crippen molar-refractivity contribution in [3.05, 3.63) is 169 Å². The maximum absolute atomic E-state index is 6.91. The Morgan fingerprint density at radius 2 is 1.05 bits per heavy atom. The Morgan fingerprint density at radius 3 is 1.73 bits per heavy atom. The molecule has 270 valence electrons. The number of para-hydroxylation sites is 1. The third kappa shape index (κ3) is 5.58. The van der Waals surface area contributed by atoms with Gasteiger partial charge in [-0.05, 0) is 92.7 Å². The zero-order valence-corrected chi connectivity index (χ0v) is 31.9.